The Morgan fingerprint density at radius 2 is 1.88 bits per heavy atom. The smallest absolute Gasteiger partial charge is 0.321 e. The number of hydrogen-bond acceptors (Lipinski definition) is 3. The third kappa shape index (κ3) is 4.35. The second-order valence-corrected chi connectivity index (χ2v) is 3.95. The summed E-state index contributed by atoms with van der Waals surface area (Å²) in [6.45, 7) is 7.05. The first-order chi connectivity index (χ1) is 7.41. The molecule has 0 heterocycles. The lowest BCUT2D eigenvalue weighted by Gasteiger charge is -2.21. The topological polar surface area (TPSA) is 63.6 Å². The van der Waals surface area contributed by atoms with E-state index in [1.54, 1.807) is 13.8 Å². The van der Waals surface area contributed by atoms with Crippen LogP contribution >= 0.6 is 0 Å². The van der Waals surface area contributed by atoms with E-state index < -0.39 is 17.9 Å². The minimum Gasteiger partial charge on any atom is -0.481 e. The third-order valence-electron chi connectivity index (χ3n) is 2.56. The molecule has 0 spiro atoms. The Balaban J connectivity index is 4.57. The van der Waals surface area contributed by atoms with Crippen LogP contribution < -0.4 is 0 Å². The van der Waals surface area contributed by atoms with Crippen LogP contribution in [-0.2, 0) is 14.3 Å². The summed E-state index contributed by atoms with van der Waals surface area (Å²) < 4.78 is 4.78. The average Bonchev–Trinajstić information content (AvgIpc) is 2.17. The fourth-order valence-corrected chi connectivity index (χ4v) is 1.19. The largest absolute Gasteiger partial charge is 0.481 e. The van der Waals surface area contributed by atoms with Crippen molar-refractivity contribution >= 4 is 11.9 Å². The number of carboxylic acids is 1. The van der Waals surface area contributed by atoms with Gasteiger partial charge in [-0.1, -0.05) is 26.7 Å². The molecule has 0 aliphatic rings. The van der Waals surface area contributed by atoms with Crippen LogP contribution in [0.15, 0.2) is 0 Å². The molecular weight excluding hydrogens is 208 g/mol. The summed E-state index contributed by atoms with van der Waals surface area (Å²) in [5.74, 6) is 2.00. The molecule has 1 N–H and O–H groups in total. The second-order valence-electron chi connectivity index (χ2n) is 3.95. The average molecular weight is 226 g/mol. The predicted molar refractivity (Wildman–Crippen MR) is 59.5 cm³/mol. The molecule has 90 valence electrons. The number of carbonyl (C=O) groups is 2. The fourth-order valence-electron chi connectivity index (χ4n) is 1.19. The number of hydrogen-bond donors (Lipinski definition) is 1. The number of esters is 1. The van der Waals surface area contributed by atoms with Crippen molar-refractivity contribution in [2.45, 2.75) is 27.7 Å². The Bertz CT molecular complexity index is 309. The van der Waals surface area contributed by atoms with Gasteiger partial charge in [-0.15, -0.1) is 5.92 Å². The molecule has 16 heavy (non-hydrogen) atoms. The normalized spacial score (nSPS) is 13.6. The molecule has 2 unspecified atom stereocenters. The Labute approximate surface area is 96.0 Å². The lowest BCUT2D eigenvalue weighted by molar-refractivity contribution is -0.161. The zero-order chi connectivity index (χ0) is 12.7. The van der Waals surface area contributed by atoms with E-state index in [9.17, 15) is 9.59 Å². The quantitative estimate of drug-likeness (QED) is 0.439. The molecular formula is C12H18O4. The van der Waals surface area contributed by atoms with E-state index in [2.05, 4.69) is 11.8 Å². The highest BCUT2D eigenvalue weighted by Crippen LogP contribution is 2.22. The van der Waals surface area contributed by atoms with E-state index in [0.29, 0.717) is 0 Å². The van der Waals surface area contributed by atoms with E-state index in [1.165, 1.54) is 0 Å². The van der Waals surface area contributed by atoms with Crippen LogP contribution in [0.4, 0.5) is 0 Å². The lowest BCUT2D eigenvalue weighted by atomic mass is 9.85. The van der Waals surface area contributed by atoms with Crippen molar-refractivity contribution in [2.24, 2.45) is 17.8 Å². The Morgan fingerprint density at radius 3 is 2.25 bits per heavy atom. The van der Waals surface area contributed by atoms with Crippen LogP contribution in [0.25, 0.3) is 0 Å². The summed E-state index contributed by atoms with van der Waals surface area (Å²) in [7, 11) is 0. The van der Waals surface area contributed by atoms with Crippen molar-refractivity contribution in [2.75, 3.05) is 6.61 Å². The zero-order valence-electron chi connectivity index (χ0n) is 10.1. The van der Waals surface area contributed by atoms with Gasteiger partial charge in [-0.3, -0.25) is 9.59 Å². The highest BCUT2D eigenvalue weighted by molar-refractivity contribution is 5.94. The molecule has 0 bridgehead atoms. The summed E-state index contributed by atoms with van der Waals surface area (Å²) in [6, 6.07) is 0. The van der Waals surface area contributed by atoms with Crippen LogP contribution in [0.2, 0.25) is 0 Å². The summed E-state index contributed by atoms with van der Waals surface area (Å²) >= 11 is 0. The van der Waals surface area contributed by atoms with Gasteiger partial charge in [-0.25, -0.2) is 0 Å². The van der Waals surface area contributed by atoms with Crippen molar-refractivity contribution in [3.63, 3.8) is 0 Å². The fraction of sp³-hybridized carbons (Fsp3) is 0.667. The first-order valence-corrected chi connectivity index (χ1v) is 5.20. The van der Waals surface area contributed by atoms with E-state index in [0.717, 1.165) is 0 Å². The van der Waals surface area contributed by atoms with Gasteiger partial charge in [0.15, 0.2) is 12.5 Å². The van der Waals surface area contributed by atoms with Crippen molar-refractivity contribution < 1.29 is 19.4 Å². The maximum absolute atomic E-state index is 11.5. The van der Waals surface area contributed by atoms with E-state index >= 15 is 0 Å². The highest BCUT2D eigenvalue weighted by Gasteiger charge is 2.34. The molecule has 0 aliphatic carbocycles. The number of carboxylic acid groups (broad SMARTS) is 1. The minimum absolute atomic E-state index is 0.0517. The highest BCUT2D eigenvalue weighted by atomic mass is 16.5. The molecule has 4 heteroatoms. The number of carbonyl (C=O) groups excluding carboxylic acids is 1. The molecule has 2 atom stereocenters. The number of rotatable bonds is 5. The molecule has 0 aromatic carbocycles. The summed E-state index contributed by atoms with van der Waals surface area (Å²) in [5.41, 5.74) is 0. The van der Waals surface area contributed by atoms with Crippen LogP contribution in [0.3, 0.4) is 0 Å². The first kappa shape index (κ1) is 14.5. The van der Waals surface area contributed by atoms with E-state index in [-0.39, 0.29) is 18.4 Å². The van der Waals surface area contributed by atoms with Crippen molar-refractivity contribution in [3.05, 3.63) is 0 Å². The van der Waals surface area contributed by atoms with Gasteiger partial charge in [0, 0.05) is 0 Å². The van der Waals surface area contributed by atoms with Crippen molar-refractivity contribution in [3.8, 4) is 11.8 Å². The minimum atomic E-state index is -1.14. The molecule has 0 amide bonds. The van der Waals surface area contributed by atoms with Gasteiger partial charge in [0.05, 0.1) is 0 Å². The van der Waals surface area contributed by atoms with Crippen LogP contribution in [-0.4, -0.2) is 23.7 Å². The molecule has 0 fully saturated rings. The maximum Gasteiger partial charge on any atom is 0.321 e. The Kier molecular flexibility index (Phi) is 6.24. The lowest BCUT2D eigenvalue weighted by Crippen LogP contribution is -2.34. The molecule has 0 aromatic rings. The van der Waals surface area contributed by atoms with Gasteiger partial charge in [0.25, 0.3) is 0 Å². The molecule has 0 aromatic heterocycles. The van der Waals surface area contributed by atoms with Crippen molar-refractivity contribution in [1.82, 2.24) is 0 Å². The van der Waals surface area contributed by atoms with Gasteiger partial charge >= 0.3 is 11.9 Å². The van der Waals surface area contributed by atoms with Crippen LogP contribution in [0.1, 0.15) is 27.7 Å². The number of ether oxygens (including phenoxy) is 1. The third-order valence-corrected chi connectivity index (χ3v) is 2.56. The van der Waals surface area contributed by atoms with E-state index in [4.69, 9.17) is 9.84 Å². The van der Waals surface area contributed by atoms with Gasteiger partial charge in [0.2, 0.25) is 0 Å². The van der Waals surface area contributed by atoms with E-state index in [1.807, 2.05) is 13.8 Å². The second kappa shape index (κ2) is 6.89. The summed E-state index contributed by atoms with van der Waals surface area (Å²) in [5, 5.41) is 8.98. The van der Waals surface area contributed by atoms with Gasteiger partial charge in [-0.2, -0.15) is 0 Å². The molecule has 0 saturated heterocycles. The van der Waals surface area contributed by atoms with Crippen LogP contribution in [0, 0.1) is 29.6 Å². The zero-order valence-corrected chi connectivity index (χ0v) is 10.1. The first-order valence-electron chi connectivity index (χ1n) is 5.20. The molecule has 4 nitrogen and oxygen atoms in total. The summed E-state index contributed by atoms with van der Waals surface area (Å²) in [6.07, 6.45) is 0. The number of aliphatic carboxylic acids is 1. The van der Waals surface area contributed by atoms with Crippen molar-refractivity contribution in [1.29, 1.82) is 0 Å². The standard InChI is InChI=1S/C12H18O4/c1-5-6-7-16-12(15)10(11(13)14)9(4)8(2)3/h8-10H,7H2,1-4H3,(H,13,14). The Hall–Kier alpha value is -1.50. The Morgan fingerprint density at radius 1 is 1.31 bits per heavy atom. The maximum atomic E-state index is 11.5. The predicted octanol–water partition coefficient (Wildman–Crippen LogP) is 1.55. The molecule has 0 rings (SSSR count). The van der Waals surface area contributed by atoms with Gasteiger partial charge < -0.3 is 9.84 Å². The SMILES string of the molecule is CC#CCOC(=O)C(C(=O)O)C(C)C(C)C. The summed E-state index contributed by atoms with van der Waals surface area (Å²) in [4.78, 5) is 22.5. The molecule has 0 saturated carbocycles. The monoisotopic (exact) mass is 226 g/mol. The molecule has 0 radical (unpaired) electrons. The van der Waals surface area contributed by atoms with Crippen LogP contribution in [0.5, 0.6) is 0 Å². The van der Waals surface area contributed by atoms with Gasteiger partial charge in [-0.05, 0) is 18.8 Å². The molecule has 0 aliphatic heterocycles. The van der Waals surface area contributed by atoms with Gasteiger partial charge in [0.1, 0.15) is 0 Å².